The Morgan fingerprint density at radius 2 is 1.89 bits per heavy atom. The van der Waals surface area contributed by atoms with Crippen LogP contribution in [0.25, 0.3) is 6.08 Å². The van der Waals surface area contributed by atoms with E-state index in [4.69, 9.17) is 12.2 Å². The van der Waals surface area contributed by atoms with Crippen LogP contribution in [0.5, 0.6) is 0 Å². The van der Waals surface area contributed by atoms with Crippen molar-refractivity contribution in [3.8, 4) is 6.07 Å². The molecule has 2 aromatic rings. The molecular weight excluding hydrogens is 488 g/mol. The summed E-state index contributed by atoms with van der Waals surface area (Å²) in [6.07, 6.45) is 5.71. The summed E-state index contributed by atoms with van der Waals surface area (Å²) in [7, 11) is 0. The van der Waals surface area contributed by atoms with Crippen LogP contribution >= 0.6 is 24.0 Å². The zero-order valence-corrected chi connectivity index (χ0v) is 22.8. The predicted molar refractivity (Wildman–Crippen MR) is 151 cm³/mol. The van der Waals surface area contributed by atoms with Crippen LogP contribution in [0.2, 0.25) is 0 Å². The summed E-state index contributed by atoms with van der Waals surface area (Å²) < 4.78 is 2.28. The monoisotopic (exact) mass is 520 g/mol. The van der Waals surface area contributed by atoms with Gasteiger partial charge in [-0.3, -0.25) is 19.1 Å². The lowest BCUT2D eigenvalue weighted by Gasteiger charge is -2.35. The Morgan fingerprint density at radius 3 is 2.53 bits per heavy atom. The number of hydrogen-bond acceptors (Lipinski definition) is 6. The van der Waals surface area contributed by atoms with Crippen molar-refractivity contribution in [1.82, 2.24) is 9.47 Å². The number of piperidine rings is 1. The first-order valence-electron chi connectivity index (χ1n) is 12.6. The molecule has 1 aromatic carbocycles. The summed E-state index contributed by atoms with van der Waals surface area (Å²) in [6.45, 7) is 8.80. The lowest BCUT2D eigenvalue weighted by atomic mass is 9.97. The van der Waals surface area contributed by atoms with Crippen LogP contribution in [-0.4, -0.2) is 32.8 Å². The Labute approximate surface area is 222 Å². The predicted octanol–water partition coefficient (Wildman–Crippen LogP) is 5.47. The molecule has 36 heavy (non-hydrogen) atoms. The number of benzene rings is 1. The van der Waals surface area contributed by atoms with Crippen LogP contribution in [-0.2, 0) is 17.9 Å². The fourth-order valence-electron chi connectivity index (χ4n) is 4.76. The van der Waals surface area contributed by atoms with Crippen molar-refractivity contribution < 1.29 is 4.79 Å². The number of aromatic nitrogens is 1. The van der Waals surface area contributed by atoms with E-state index in [0.29, 0.717) is 33.8 Å². The normalized spacial score (nSPS) is 17.8. The minimum atomic E-state index is -0.245. The molecule has 1 amide bonds. The van der Waals surface area contributed by atoms with Gasteiger partial charge in [0.25, 0.3) is 11.5 Å². The van der Waals surface area contributed by atoms with Gasteiger partial charge in [-0.1, -0.05) is 74.6 Å². The first kappa shape index (κ1) is 26.2. The van der Waals surface area contributed by atoms with Crippen LogP contribution in [0.4, 0.5) is 5.82 Å². The zero-order valence-electron chi connectivity index (χ0n) is 21.1. The first-order valence-corrected chi connectivity index (χ1v) is 13.8. The van der Waals surface area contributed by atoms with Gasteiger partial charge in [0.2, 0.25) is 0 Å². The van der Waals surface area contributed by atoms with Gasteiger partial charge >= 0.3 is 0 Å². The summed E-state index contributed by atoms with van der Waals surface area (Å²) in [5.41, 5.74) is 2.31. The quantitative estimate of drug-likeness (QED) is 0.356. The average Bonchev–Trinajstić information content (AvgIpc) is 3.14. The van der Waals surface area contributed by atoms with E-state index in [2.05, 4.69) is 24.8 Å². The first-order chi connectivity index (χ1) is 17.3. The molecule has 3 heterocycles. The third-order valence-corrected chi connectivity index (χ3v) is 8.38. The second kappa shape index (κ2) is 11.4. The van der Waals surface area contributed by atoms with E-state index >= 15 is 0 Å². The molecule has 2 aliphatic heterocycles. The number of thiocarbonyl (C=S) groups is 1. The highest BCUT2D eigenvalue weighted by molar-refractivity contribution is 8.26. The van der Waals surface area contributed by atoms with Crippen molar-refractivity contribution in [1.29, 1.82) is 5.26 Å². The fraction of sp³-hybridized carbons (Fsp3) is 0.429. The van der Waals surface area contributed by atoms with E-state index in [1.165, 1.54) is 11.8 Å². The number of carbonyl (C=O) groups is 1. The number of pyridine rings is 1. The van der Waals surface area contributed by atoms with Gasteiger partial charge in [-0.15, -0.1) is 0 Å². The standard InChI is InChI=1S/C28H32N4O2S2/c1-4-5-13-31-25(30-14-11-19(2)12-15-30)22(20(3)23(17-29)26(31)33)16-24-27(34)32(28(35)36-24)18-21-9-7-6-8-10-21/h6-10,16,19H,4-5,11-15,18H2,1-3H3/b24-16+. The Bertz CT molecular complexity index is 1290. The van der Waals surface area contributed by atoms with Crippen molar-refractivity contribution in [2.24, 2.45) is 5.92 Å². The molecule has 0 N–H and O–H groups in total. The molecule has 0 spiro atoms. The average molecular weight is 521 g/mol. The van der Waals surface area contributed by atoms with Gasteiger partial charge in [0, 0.05) is 25.2 Å². The molecule has 2 fully saturated rings. The van der Waals surface area contributed by atoms with Crippen molar-refractivity contribution in [2.45, 2.75) is 59.5 Å². The van der Waals surface area contributed by atoms with E-state index < -0.39 is 0 Å². The third-order valence-electron chi connectivity index (χ3n) is 7.00. The van der Waals surface area contributed by atoms with Gasteiger partial charge in [0.1, 0.15) is 21.8 Å². The van der Waals surface area contributed by atoms with Gasteiger partial charge in [-0.05, 0) is 49.3 Å². The van der Waals surface area contributed by atoms with E-state index in [1.807, 2.05) is 43.3 Å². The highest BCUT2D eigenvalue weighted by Gasteiger charge is 2.33. The Morgan fingerprint density at radius 1 is 1.19 bits per heavy atom. The molecule has 188 valence electrons. The van der Waals surface area contributed by atoms with Gasteiger partial charge in [-0.2, -0.15) is 5.26 Å². The largest absolute Gasteiger partial charge is 0.357 e. The van der Waals surface area contributed by atoms with Gasteiger partial charge in [0.15, 0.2) is 0 Å². The van der Waals surface area contributed by atoms with Crippen LogP contribution < -0.4 is 10.5 Å². The molecule has 0 aliphatic carbocycles. The van der Waals surface area contributed by atoms with Crippen LogP contribution in [0.3, 0.4) is 0 Å². The number of nitrogens with zero attached hydrogens (tertiary/aromatic N) is 4. The van der Waals surface area contributed by atoms with Crippen molar-refractivity contribution >= 4 is 46.1 Å². The summed E-state index contributed by atoms with van der Waals surface area (Å²) in [4.78, 5) is 31.3. The maximum Gasteiger partial charge on any atom is 0.270 e. The number of carbonyl (C=O) groups excluding carboxylic acids is 1. The third kappa shape index (κ3) is 5.28. The number of rotatable bonds is 7. The van der Waals surface area contributed by atoms with Crippen molar-refractivity contribution in [3.63, 3.8) is 0 Å². The molecular formula is C28H32N4O2S2. The maximum absolute atomic E-state index is 13.4. The summed E-state index contributed by atoms with van der Waals surface area (Å²) in [5.74, 6) is 1.32. The smallest absolute Gasteiger partial charge is 0.270 e. The number of unbranched alkanes of at least 4 members (excludes halogenated alkanes) is 1. The van der Waals surface area contributed by atoms with Crippen LogP contribution in [0, 0.1) is 24.2 Å². The van der Waals surface area contributed by atoms with Gasteiger partial charge < -0.3 is 4.90 Å². The second-order valence-corrected chi connectivity index (χ2v) is 11.3. The van der Waals surface area contributed by atoms with Gasteiger partial charge in [0.05, 0.1) is 11.4 Å². The van der Waals surface area contributed by atoms with Gasteiger partial charge in [-0.25, -0.2) is 0 Å². The van der Waals surface area contributed by atoms with Crippen LogP contribution in [0.1, 0.15) is 61.8 Å². The molecule has 4 rings (SSSR count). The molecule has 6 nitrogen and oxygen atoms in total. The molecule has 8 heteroatoms. The summed E-state index contributed by atoms with van der Waals surface area (Å²) >= 11 is 6.86. The molecule has 0 unspecified atom stereocenters. The summed E-state index contributed by atoms with van der Waals surface area (Å²) in [6, 6.07) is 11.9. The molecule has 2 aliphatic rings. The molecule has 0 atom stereocenters. The van der Waals surface area contributed by atoms with E-state index in [9.17, 15) is 14.9 Å². The lowest BCUT2D eigenvalue weighted by Crippen LogP contribution is -2.39. The number of hydrogen-bond donors (Lipinski definition) is 0. The van der Waals surface area contributed by atoms with Crippen LogP contribution in [0.15, 0.2) is 40.0 Å². The zero-order chi connectivity index (χ0) is 25.8. The Hall–Kier alpha value is -2.89. The Balaban J connectivity index is 1.82. The topological polar surface area (TPSA) is 69.3 Å². The Kier molecular flexibility index (Phi) is 8.32. The number of amides is 1. The highest BCUT2D eigenvalue weighted by Crippen LogP contribution is 2.37. The maximum atomic E-state index is 13.4. The van der Waals surface area contributed by atoms with Crippen molar-refractivity contribution in [3.05, 3.63) is 67.8 Å². The fourth-order valence-corrected chi connectivity index (χ4v) is 6.00. The molecule has 1 aromatic heterocycles. The van der Waals surface area contributed by atoms with E-state index in [-0.39, 0.29) is 17.0 Å². The molecule has 0 bridgehead atoms. The molecule has 2 saturated heterocycles. The summed E-state index contributed by atoms with van der Waals surface area (Å²) in [5, 5.41) is 9.87. The van der Waals surface area contributed by atoms with E-state index in [0.717, 1.165) is 55.7 Å². The molecule has 0 radical (unpaired) electrons. The number of thioether (sulfide) groups is 1. The number of nitriles is 1. The number of anilines is 1. The minimum absolute atomic E-state index is 0.142. The lowest BCUT2D eigenvalue weighted by molar-refractivity contribution is -0.122. The van der Waals surface area contributed by atoms with Crippen molar-refractivity contribution in [2.75, 3.05) is 18.0 Å². The minimum Gasteiger partial charge on any atom is -0.357 e. The second-order valence-electron chi connectivity index (χ2n) is 9.58. The van der Waals surface area contributed by atoms with E-state index in [1.54, 1.807) is 9.47 Å². The SMILES string of the molecule is CCCCn1c(N2CCC(C)CC2)c(/C=C2/SC(=S)N(Cc3ccccc3)C2=O)c(C)c(C#N)c1=O. The highest BCUT2D eigenvalue weighted by atomic mass is 32.2. The molecule has 0 saturated carbocycles.